The minimum atomic E-state index is -2.85. The number of sulfone groups is 1. The van der Waals surface area contributed by atoms with Gasteiger partial charge in [-0.3, -0.25) is 0 Å². The van der Waals surface area contributed by atoms with Gasteiger partial charge in [-0.2, -0.15) is 0 Å². The smallest absolute Gasteiger partial charge is 0.153 e. The van der Waals surface area contributed by atoms with Crippen LogP contribution in [0.25, 0.3) is 0 Å². The zero-order valence-electron chi connectivity index (χ0n) is 8.37. The zero-order valence-corrected chi connectivity index (χ0v) is 9.19. The molecule has 0 aromatic carbocycles. The van der Waals surface area contributed by atoms with E-state index in [9.17, 15) is 8.42 Å². The molecular weight excluding hydrogens is 174 g/mol. The molecule has 74 valence electrons. The second-order valence-electron chi connectivity index (χ2n) is 3.31. The molecule has 0 aromatic rings. The van der Waals surface area contributed by atoms with E-state index in [1.54, 1.807) is 13.8 Å². The van der Waals surface area contributed by atoms with Crippen LogP contribution in [0.1, 0.15) is 20.8 Å². The molecule has 0 N–H and O–H groups in total. The predicted molar refractivity (Wildman–Crippen MR) is 52.1 cm³/mol. The average molecular weight is 193 g/mol. The zero-order chi connectivity index (χ0) is 9.78. The summed E-state index contributed by atoms with van der Waals surface area (Å²) in [5.74, 6) is 0.273. The maximum absolute atomic E-state index is 11.3. The van der Waals surface area contributed by atoms with Gasteiger partial charge in [-0.1, -0.05) is 6.92 Å². The van der Waals surface area contributed by atoms with E-state index in [0.29, 0.717) is 6.54 Å². The molecule has 0 amide bonds. The fraction of sp³-hybridized carbons (Fsp3) is 1.00. The van der Waals surface area contributed by atoms with E-state index in [4.69, 9.17) is 0 Å². The summed E-state index contributed by atoms with van der Waals surface area (Å²) in [7, 11) is -0.919. The quantitative estimate of drug-likeness (QED) is 0.647. The van der Waals surface area contributed by atoms with E-state index in [1.165, 1.54) is 0 Å². The molecule has 12 heavy (non-hydrogen) atoms. The van der Waals surface area contributed by atoms with Gasteiger partial charge in [-0.25, -0.2) is 8.42 Å². The lowest BCUT2D eigenvalue weighted by molar-refractivity contribution is 0.373. The minimum Gasteiger partial charge on any atom is -0.306 e. The van der Waals surface area contributed by atoms with Crippen molar-refractivity contribution in [1.29, 1.82) is 0 Å². The maximum Gasteiger partial charge on any atom is 0.153 e. The Kier molecular flexibility index (Phi) is 4.78. The molecule has 0 atom stereocenters. The lowest BCUT2D eigenvalue weighted by atomic mass is 10.6. The second kappa shape index (κ2) is 4.82. The van der Waals surface area contributed by atoms with Gasteiger partial charge in [0, 0.05) is 6.54 Å². The van der Waals surface area contributed by atoms with Crippen molar-refractivity contribution in [3.05, 3.63) is 0 Å². The molecule has 0 rings (SSSR count). The van der Waals surface area contributed by atoms with Crippen LogP contribution >= 0.6 is 0 Å². The Bertz CT molecular complexity index is 209. The van der Waals surface area contributed by atoms with E-state index in [2.05, 4.69) is 0 Å². The van der Waals surface area contributed by atoms with Crippen molar-refractivity contribution in [2.45, 2.75) is 26.0 Å². The Hall–Kier alpha value is -0.0900. The Balaban J connectivity index is 3.94. The monoisotopic (exact) mass is 193 g/mol. The summed E-state index contributed by atoms with van der Waals surface area (Å²) in [6.07, 6.45) is 0. The predicted octanol–water partition coefficient (Wildman–Crippen LogP) is 0.761. The molecule has 0 unspecified atom stereocenters. The van der Waals surface area contributed by atoms with Crippen LogP contribution in [0.15, 0.2) is 0 Å². The molecule has 0 radical (unpaired) electrons. The average Bonchev–Trinajstić information content (AvgIpc) is 2.00. The van der Waals surface area contributed by atoms with Crippen LogP contribution in [0.4, 0.5) is 0 Å². The second-order valence-corrected chi connectivity index (χ2v) is 5.99. The molecule has 4 heteroatoms. The van der Waals surface area contributed by atoms with Crippen LogP contribution in [-0.2, 0) is 9.84 Å². The Morgan fingerprint density at radius 2 is 1.83 bits per heavy atom. The molecular formula is C8H19NO2S. The number of hydrogen-bond acceptors (Lipinski definition) is 3. The highest BCUT2D eigenvalue weighted by Crippen LogP contribution is 2.00. The molecule has 0 saturated heterocycles. The van der Waals surface area contributed by atoms with Crippen LogP contribution in [0, 0.1) is 0 Å². The van der Waals surface area contributed by atoms with Gasteiger partial charge in [0.05, 0.1) is 11.0 Å². The lowest BCUT2D eigenvalue weighted by Gasteiger charge is -2.14. The largest absolute Gasteiger partial charge is 0.306 e. The van der Waals surface area contributed by atoms with Crippen molar-refractivity contribution in [3.63, 3.8) is 0 Å². The van der Waals surface area contributed by atoms with Crippen molar-refractivity contribution >= 4 is 9.84 Å². The third-order valence-corrected chi connectivity index (χ3v) is 4.20. The molecule has 0 fully saturated rings. The maximum atomic E-state index is 11.3. The van der Waals surface area contributed by atoms with Crippen LogP contribution in [0.2, 0.25) is 0 Å². The topological polar surface area (TPSA) is 37.4 Å². The van der Waals surface area contributed by atoms with Gasteiger partial charge in [-0.05, 0) is 27.4 Å². The van der Waals surface area contributed by atoms with Crippen LogP contribution in [0.5, 0.6) is 0 Å². The van der Waals surface area contributed by atoms with E-state index >= 15 is 0 Å². The fourth-order valence-corrected chi connectivity index (χ4v) is 1.71. The summed E-state index contributed by atoms with van der Waals surface area (Å²) in [6.45, 7) is 7.00. The fourth-order valence-electron chi connectivity index (χ4n) is 0.677. The normalized spacial score (nSPS) is 12.8. The van der Waals surface area contributed by atoms with Crippen molar-refractivity contribution < 1.29 is 8.42 Å². The Labute approximate surface area is 75.7 Å². The van der Waals surface area contributed by atoms with Crippen molar-refractivity contribution in [3.8, 4) is 0 Å². The Morgan fingerprint density at radius 1 is 1.33 bits per heavy atom. The van der Waals surface area contributed by atoms with Gasteiger partial charge in [0.15, 0.2) is 9.84 Å². The van der Waals surface area contributed by atoms with Gasteiger partial charge in [0.2, 0.25) is 0 Å². The molecule has 3 nitrogen and oxygen atoms in total. The SMILES string of the molecule is CCN(C)CCS(=O)(=O)C(C)C. The molecule has 0 spiro atoms. The number of nitrogens with zero attached hydrogens (tertiary/aromatic N) is 1. The summed E-state index contributed by atoms with van der Waals surface area (Å²) in [4.78, 5) is 2.00. The van der Waals surface area contributed by atoms with Crippen LogP contribution in [-0.4, -0.2) is 44.5 Å². The summed E-state index contributed by atoms with van der Waals surface area (Å²) in [6, 6.07) is 0. The van der Waals surface area contributed by atoms with Crippen LogP contribution in [0.3, 0.4) is 0 Å². The lowest BCUT2D eigenvalue weighted by Crippen LogP contribution is -2.28. The number of hydrogen-bond donors (Lipinski definition) is 0. The van der Waals surface area contributed by atoms with Gasteiger partial charge >= 0.3 is 0 Å². The van der Waals surface area contributed by atoms with E-state index < -0.39 is 9.84 Å². The highest BCUT2D eigenvalue weighted by atomic mass is 32.2. The third-order valence-electron chi connectivity index (χ3n) is 2.02. The summed E-state index contributed by atoms with van der Waals surface area (Å²) >= 11 is 0. The minimum absolute atomic E-state index is 0.247. The highest BCUT2D eigenvalue weighted by molar-refractivity contribution is 7.92. The summed E-state index contributed by atoms with van der Waals surface area (Å²) < 4.78 is 22.6. The van der Waals surface area contributed by atoms with Gasteiger partial charge < -0.3 is 4.90 Å². The molecule has 0 bridgehead atoms. The third kappa shape index (κ3) is 4.07. The molecule has 0 aromatic heterocycles. The first kappa shape index (κ1) is 11.9. The summed E-state index contributed by atoms with van der Waals surface area (Å²) in [5.41, 5.74) is 0. The highest BCUT2D eigenvalue weighted by Gasteiger charge is 2.15. The van der Waals surface area contributed by atoms with E-state index in [1.807, 2.05) is 18.9 Å². The van der Waals surface area contributed by atoms with E-state index in [0.717, 1.165) is 6.54 Å². The van der Waals surface area contributed by atoms with Crippen molar-refractivity contribution in [2.24, 2.45) is 0 Å². The van der Waals surface area contributed by atoms with Crippen molar-refractivity contribution in [2.75, 3.05) is 25.9 Å². The molecule has 0 aliphatic carbocycles. The number of rotatable bonds is 5. The Morgan fingerprint density at radius 3 is 2.17 bits per heavy atom. The van der Waals surface area contributed by atoms with Gasteiger partial charge in [0.25, 0.3) is 0 Å². The molecule has 0 saturated carbocycles. The molecule has 0 aliphatic rings. The standard InChI is InChI=1S/C8H19NO2S/c1-5-9(4)6-7-12(10,11)8(2)3/h8H,5-7H2,1-4H3. The molecule has 0 heterocycles. The van der Waals surface area contributed by atoms with Gasteiger partial charge in [-0.15, -0.1) is 0 Å². The van der Waals surface area contributed by atoms with Crippen LogP contribution < -0.4 is 0 Å². The van der Waals surface area contributed by atoms with Gasteiger partial charge in [0.1, 0.15) is 0 Å². The van der Waals surface area contributed by atoms with E-state index in [-0.39, 0.29) is 11.0 Å². The van der Waals surface area contributed by atoms with Crippen molar-refractivity contribution in [1.82, 2.24) is 4.90 Å². The molecule has 0 aliphatic heterocycles. The first-order valence-corrected chi connectivity index (χ1v) is 6.01. The first-order valence-electron chi connectivity index (χ1n) is 4.30. The summed E-state index contributed by atoms with van der Waals surface area (Å²) in [5, 5.41) is -0.247. The first-order chi connectivity index (χ1) is 5.40.